The molecule has 0 aliphatic carbocycles. The van der Waals surface area contributed by atoms with Crippen molar-refractivity contribution in [3.05, 3.63) is 69.3 Å². The van der Waals surface area contributed by atoms with Gasteiger partial charge in [-0.2, -0.15) is 0 Å². The maximum Gasteiger partial charge on any atom is 0.155 e. The molecule has 2 aromatic carbocycles. The Bertz CT molecular complexity index is 657. The van der Waals surface area contributed by atoms with E-state index in [0.717, 1.165) is 38.2 Å². The molecular weight excluding hydrogens is 411 g/mol. The molecule has 3 rings (SSSR count). The summed E-state index contributed by atoms with van der Waals surface area (Å²) in [6, 6.07) is 18.7. The predicted octanol–water partition coefficient (Wildman–Crippen LogP) is 2.92. The van der Waals surface area contributed by atoms with Gasteiger partial charge in [-0.25, -0.2) is 0 Å². The second kappa shape index (κ2) is 8.74. The van der Waals surface area contributed by atoms with Gasteiger partial charge in [0.2, 0.25) is 0 Å². The molecule has 1 atom stereocenters. The van der Waals surface area contributed by atoms with Crippen LogP contribution in [0.5, 0.6) is 0 Å². The highest BCUT2D eigenvalue weighted by Crippen LogP contribution is 2.12. The number of carbonyl (C=O) groups is 1. The topological polar surface area (TPSA) is 32.3 Å². The van der Waals surface area contributed by atoms with Crippen molar-refractivity contribution in [3.8, 4) is 0 Å². The Hall–Kier alpha value is -1.24. The lowest BCUT2D eigenvalue weighted by atomic mass is 10.0. The number of nitrogens with one attached hydrogen (secondary N) is 1. The molecule has 1 saturated heterocycles. The number of ketones is 1. The van der Waals surface area contributed by atoms with Crippen LogP contribution in [0.1, 0.15) is 11.1 Å². The molecule has 1 aliphatic heterocycles. The number of carbonyl (C=O) groups excluding carboxylic acids is 1. The molecule has 24 heavy (non-hydrogen) atoms. The lowest BCUT2D eigenvalue weighted by Crippen LogP contribution is -2.55. The van der Waals surface area contributed by atoms with E-state index in [1.165, 1.54) is 9.13 Å². The van der Waals surface area contributed by atoms with Crippen molar-refractivity contribution in [2.24, 2.45) is 0 Å². The van der Waals surface area contributed by atoms with Gasteiger partial charge in [0, 0.05) is 36.2 Å². The second-order valence-corrected chi connectivity index (χ2v) is 7.51. The molecule has 0 radical (unpaired) electrons. The van der Waals surface area contributed by atoms with Crippen LogP contribution >= 0.6 is 22.6 Å². The van der Waals surface area contributed by atoms with Gasteiger partial charge in [0.15, 0.2) is 5.78 Å². The minimum atomic E-state index is -0.0123. The number of piperazine rings is 1. The molecule has 126 valence electrons. The van der Waals surface area contributed by atoms with E-state index in [4.69, 9.17) is 0 Å². The lowest BCUT2D eigenvalue weighted by molar-refractivity contribution is -0.124. The molecule has 1 fully saturated rings. The Labute approximate surface area is 157 Å². The first-order valence-corrected chi connectivity index (χ1v) is 9.56. The van der Waals surface area contributed by atoms with Crippen molar-refractivity contribution in [2.75, 3.05) is 26.2 Å². The fourth-order valence-electron chi connectivity index (χ4n) is 3.17. The zero-order valence-corrected chi connectivity index (χ0v) is 15.9. The molecule has 0 amide bonds. The molecule has 1 N–H and O–H groups in total. The van der Waals surface area contributed by atoms with Crippen LogP contribution in [-0.2, 0) is 17.6 Å². The Morgan fingerprint density at radius 1 is 1.08 bits per heavy atom. The fraction of sp³-hybridized carbons (Fsp3) is 0.350. The van der Waals surface area contributed by atoms with Gasteiger partial charge >= 0.3 is 0 Å². The molecule has 0 spiro atoms. The van der Waals surface area contributed by atoms with Gasteiger partial charge in [0.05, 0.1) is 6.04 Å². The first kappa shape index (κ1) is 17.6. The summed E-state index contributed by atoms with van der Waals surface area (Å²) in [5, 5.41) is 3.38. The Morgan fingerprint density at radius 3 is 2.58 bits per heavy atom. The van der Waals surface area contributed by atoms with Crippen LogP contribution in [0.3, 0.4) is 0 Å². The van der Waals surface area contributed by atoms with Gasteiger partial charge in [-0.05, 0) is 52.3 Å². The number of Topliss-reactive ketones (excluding diaryl/α,β-unsaturated/α-hetero) is 1. The normalized spacial score (nSPS) is 18.5. The van der Waals surface area contributed by atoms with Crippen molar-refractivity contribution in [1.29, 1.82) is 0 Å². The summed E-state index contributed by atoms with van der Waals surface area (Å²) in [6.45, 7) is 3.60. The van der Waals surface area contributed by atoms with Crippen LogP contribution in [0.4, 0.5) is 0 Å². The van der Waals surface area contributed by atoms with E-state index in [0.29, 0.717) is 12.2 Å². The first-order valence-electron chi connectivity index (χ1n) is 8.48. The zero-order chi connectivity index (χ0) is 16.8. The third-order valence-corrected chi connectivity index (χ3v) is 5.27. The summed E-state index contributed by atoms with van der Waals surface area (Å²) in [6.07, 6.45) is 1.51. The molecule has 1 heterocycles. The molecule has 0 aromatic heterocycles. The number of nitrogens with zero attached hydrogens (tertiary/aromatic N) is 1. The van der Waals surface area contributed by atoms with Gasteiger partial charge in [0.25, 0.3) is 0 Å². The van der Waals surface area contributed by atoms with Crippen LogP contribution in [0.15, 0.2) is 54.6 Å². The van der Waals surface area contributed by atoms with Crippen LogP contribution in [0.2, 0.25) is 0 Å². The van der Waals surface area contributed by atoms with E-state index in [2.05, 4.69) is 81.3 Å². The van der Waals surface area contributed by atoms with E-state index in [9.17, 15) is 4.79 Å². The van der Waals surface area contributed by atoms with E-state index >= 15 is 0 Å². The smallest absolute Gasteiger partial charge is 0.155 e. The Morgan fingerprint density at radius 2 is 1.83 bits per heavy atom. The maximum absolute atomic E-state index is 12.8. The summed E-state index contributed by atoms with van der Waals surface area (Å²) in [7, 11) is 0. The van der Waals surface area contributed by atoms with Crippen molar-refractivity contribution in [1.82, 2.24) is 10.2 Å². The number of rotatable bonds is 6. The summed E-state index contributed by atoms with van der Waals surface area (Å²) >= 11 is 2.29. The van der Waals surface area contributed by atoms with Crippen LogP contribution in [0, 0.1) is 3.57 Å². The van der Waals surface area contributed by atoms with Crippen molar-refractivity contribution in [3.63, 3.8) is 0 Å². The summed E-state index contributed by atoms with van der Waals surface area (Å²) in [4.78, 5) is 15.1. The third-order valence-electron chi connectivity index (χ3n) is 4.55. The molecule has 4 heteroatoms. The third kappa shape index (κ3) is 4.88. The molecule has 1 aliphatic rings. The first-order chi connectivity index (χ1) is 11.7. The number of benzene rings is 2. The maximum atomic E-state index is 12.8. The summed E-state index contributed by atoms with van der Waals surface area (Å²) in [5.74, 6) is 0.316. The highest BCUT2D eigenvalue weighted by molar-refractivity contribution is 14.1. The standard InChI is InChI=1S/C20H23IN2O/c21-18-8-6-17(7-9-18)14-20(24)19-15-22-11-13-23(19)12-10-16-4-2-1-3-5-16/h1-9,19,22H,10-15H2. The van der Waals surface area contributed by atoms with Crippen LogP contribution in [-0.4, -0.2) is 42.9 Å². The molecule has 1 unspecified atom stereocenters. The van der Waals surface area contributed by atoms with E-state index in [1.54, 1.807) is 0 Å². The lowest BCUT2D eigenvalue weighted by Gasteiger charge is -2.35. The molecule has 0 saturated carbocycles. The Balaban J connectivity index is 1.60. The molecule has 2 aromatic rings. The van der Waals surface area contributed by atoms with Gasteiger partial charge in [0.1, 0.15) is 0 Å². The van der Waals surface area contributed by atoms with Crippen molar-refractivity contribution in [2.45, 2.75) is 18.9 Å². The highest BCUT2D eigenvalue weighted by atomic mass is 127. The summed E-state index contributed by atoms with van der Waals surface area (Å²) in [5.41, 5.74) is 2.44. The molecular formula is C20H23IN2O. The number of halogens is 1. The minimum absolute atomic E-state index is 0.0123. The highest BCUT2D eigenvalue weighted by Gasteiger charge is 2.27. The quantitative estimate of drug-likeness (QED) is 0.710. The zero-order valence-electron chi connectivity index (χ0n) is 13.7. The van der Waals surface area contributed by atoms with Gasteiger partial charge in [-0.1, -0.05) is 42.5 Å². The van der Waals surface area contributed by atoms with Crippen molar-refractivity contribution >= 4 is 28.4 Å². The largest absolute Gasteiger partial charge is 0.313 e. The second-order valence-electron chi connectivity index (χ2n) is 6.26. The predicted molar refractivity (Wildman–Crippen MR) is 106 cm³/mol. The minimum Gasteiger partial charge on any atom is -0.313 e. The molecule has 3 nitrogen and oxygen atoms in total. The molecule has 0 bridgehead atoms. The van der Waals surface area contributed by atoms with Gasteiger partial charge in [-0.3, -0.25) is 9.69 Å². The number of hydrogen-bond donors (Lipinski definition) is 1. The van der Waals surface area contributed by atoms with Crippen LogP contribution in [0.25, 0.3) is 0 Å². The van der Waals surface area contributed by atoms with Crippen LogP contribution < -0.4 is 5.32 Å². The van der Waals surface area contributed by atoms with Crippen molar-refractivity contribution < 1.29 is 4.79 Å². The summed E-state index contributed by atoms with van der Waals surface area (Å²) < 4.78 is 1.20. The fourth-order valence-corrected chi connectivity index (χ4v) is 3.53. The SMILES string of the molecule is O=C(Cc1ccc(I)cc1)C1CNCCN1CCc1ccccc1. The van der Waals surface area contributed by atoms with E-state index < -0.39 is 0 Å². The van der Waals surface area contributed by atoms with E-state index in [-0.39, 0.29) is 6.04 Å². The van der Waals surface area contributed by atoms with E-state index in [1.807, 2.05) is 6.07 Å². The Kier molecular flexibility index (Phi) is 6.40. The average Bonchev–Trinajstić information content (AvgIpc) is 2.63. The number of hydrogen-bond acceptors (Lipinski definition) is 3. The van der Waals surface area contributed by atoms with Gasteiger partial charge < -0.3 is 5.32 Å². The average molecular weight is 434 g/mol. The monoisotopic (exact) mass is 434 g/mol. The van der Waals surface area contributed by atoms with Gasteiger partial charge in [-0.15, -0.1) is 0 Å².